The van der Waals surface area contributed by atoms with Gasteiger partial charge in [0, 0.05) is 18.5 Å². The minimum atomic E-state index is 0.0437. The Morgan fingerprint density at radius 3 is 2.75 bits per heavy atom. The van der Waals surface area contributed by atoms with Gasteiger partial charge in [-0.25, -0.2) is 4.98 Å². The largest absolute Gasteiger partial charge is 0.384 e. The van der Waals surface area contributed by atoms with Gasteiger partial charge in [0.1, 0.15) is 5.82 Å². The molecule has 0 unspecified atom stereocenters. The number of carbonyl (C=O) groups excluding carboxylic acids is 1. The normalized spacial score (nSPS) is 15.7. The Morgan fingerprint density at radius 1 is 1.30 bits per heavy atom. The Hall–Kier alpha value is -2.10. The van der Waals surface area contributed by atoms with Crippen molar-refractivity contribution in [2.24, 2.45) is 0 Å². The van der Waals surface area contributed by atoms with Gasteiger partial charge in [0.2, 0.25) is 0 Å². The van der Waals surface area contributed by atoms with Gasteiger partial charge in [-0.1, -0.05) is 31.0 Å². The maximum Gasteiger partial charge on any atom is 0.254 e. The molecule has 0 spiro atoms. The number of fused-ring (bicyclic) bond motifs is 1. The highest BCUT2D eigenvalue weighted by Crippen LogP contribution is 2.26. The monoisotopic (exact) mass is 269 g/mol. The third-order valence-corrected chi connectivity index (χ3v) is 4.16. The average Bonchev–Trinajstić information content (AvgIpc) is 2.99. The number of aromatic nitrogens is 1. The molecule has 1 fully saturated rings. The van der Waals surface area contributed by atoms with E-state index in [1.54, 1.807) is 6.07 Å². The molecular formula is C16H19N3O. The molecule has 1 saturated carbocycles. The van der Waals surface area contributed by atoms with E-state index in [-0.39, 0.29) is 5.91 Å². The average molecular weight is 269 g/mol. The zero-order chi connectivity index (χ0) is 14.1. The number of benzene rings is 1. The van der Waals surface area contributed by atoms with E-state index in [1.807, 2.05) is 36.2 Å². The van der Waals surface area contributed by atoms with Crippen LogP contribution in [-0.4, -0.2) is 28.9 Å². The van der Waals surface area contributed by atoms with Crippen LogP contribution in [0.15, 0.2) is 30.3 Å². The van der Waals surface area contributed by atoms with E-state index in [4.69, 9.17) is 5.73 Å². The van der Waals surface area contributed by atoms with Gasteiger partial charge in [-0.3, -0.25) is 4.79 Å². The highest BCUT2D eigenvalue weighted by atomic mass is 16.2. The number of pyridine rings is 1. The molecule has 4 heteroatoms. The number of rotatable bonds is 2. The molecule has 0 bridgehead atoms. The number of nitrogen functional groups attached to an aromatic ring is 1. The summed E-state index contributed by atoms with van der Waals surface area (Å²) < 4.78 is 0. The van der Waals surface area contributed by atoms with Crippen LogP contribution >= 0.6 is 0 Å². The predicted octanol–water partition coefficient (Wildman–Crippen LogP) is 2.83. The number of nitrogens with two attached hydrogens (primary N) is 1. The summed E-state index contributed by atoms with van der Waals surface area (Å²) in [6.45, 7) is 0. The maximum absolute atomic E-state index is 12.7. The summed E-state index contributed by atoms with van der Waals surface area (Å²) in [6, 6.07) is 9.69. The van der Waals surface area contributed by atoms with Crippen molar-refractivity contribution in [2.75, 3.05) is 12.8 Å². The Kier molecular flexibility index (Phi) is 3.30. The number of anilines is 1. The third kappa shape index (κ3) is 2.22. The molecule has 4 nitrogen and oxygen atoms in total. The van der Waals surface area contributed by atoms with Gasteiger partial charge in [-0.2, -0.15) is 0 Å². The van der Waals surface area contributed by atoms with Gasteiger partial charge in [-0.05, 0) is 25.0 Å². The van der Waals surface area contributed by atoms with E-state index in [0.29, 0.717) is 17.4 Å². The standard InChI is InChI=1S/C16H19N3O/c1-19(11-6-2-3-7-11)16(20)13-10-15(17)18-14-9-5-4-8-12(13)14/h4-5,8-11H,2-3,6-7H2,1H3,(H2,17,18). The molecule has 2 aromatic rings. The first-order valence-electron chi connectivity index (χ1n) is 7.09. The Labute approximate surface area is 118 Å². The van der Waals surface area contributed by atoms with Crippen molar-refractivity contribution in [3.05, 3.63) is 35.9 Å². The van der Waals surface area contributed by atoms with Crippen LogP contribution in [-0.2, 0) is 0 Å². The molecule has 3 rings (SSSR count). The molecule has 2 N–H and O–H groups in total. The number of para-hydroxylation sites is 1. The zero-order valence-electron chi connectivity index (χ0n) is 11.7. The maximum atomic E-state index is 12.7. The zero-order valence-corrected chi connectivity index (χ0v) is 11.7. The summed E-state index contributed by atoms with van der Waals surface area (Å²) in [4.78, 5) is 18.9. The van der Waals surface area contributed by atoms with Crippen LogP contribution in [0.25, 0.3) is 10.9 Å². The second kappa shape index (κ2) is 5.12. The molecule has 1 aliphatic carbocycles. The van der Waals surface area contributed by atoms with Crippen molar-refractivity contribution in [2.45, 2.75) is 31.7 Å². The number of hydrogen-bond acceptors (Lipinski definition) is 3. The third-order valence-electron chi connectivity index (χ3n) is 4.16. The van der Waals surface area contributed by atoms with Crippen LogP contribution in [0.4, 0.5) is 5.82 Å². The lowest BCUT2D eigenvalue weighted by Crippen LogP contribution is -2.35. The minimum Gasteiger partial charge on any atom is -0.384 e. The molecule has 0 radical (unpaired) electrons. The molecule has 20 heavy (non-hydrogen) atoms. The van der Waals surface area contributed by atoms with Crippen LogP contribution in [0.5, 0.6) is 0 Å². The van der Waals surface area contributed by atoms with E-state index in [0.717, 1.165) is 23.7 Å². The van der Waals surface area contributed by atoms with E-state index < -0.39 is 0 Å². The first-order chi connectivity index (χ1) is 9.66. The lowest BCUT2D eigenvalue weighted by molar-refractivity contribution is 0.0737. The van der Waals surface area contributed by atoms with Crippen LogP contribution < -0.4 is 5.73 Å². The topological polar surface area (TPSA) is 59.2 Å². The molecule has 1 aliphatic rings. The lowest BCUT2D eigenvalue weighted by Gasteiger charge is -2.25. The first-order valence-corrected chi connectivity index (χ1v) is 7.09. The molecule has 1 amide bonds. The molecular weight excluding hydrogens is 250 g/mol. The van der Waals surface area contributed by atoms with Gasteiger partial charge < -0.3 is 10.6 Å². The fraction of sp³-hybridized carbons (Fsp3) is 0.375. The van der Waals surface area contributed by atoms with E-state index >= 15 is 0 Å². The van der Waals surface area contributed by atoms with Gasteiger partial charge >= 0.3 is 0 Å². The number of carbonyl (C=O) groups is 1. The molecule has 0 atom stereocenters. The van der Waals surface area contributed by atoms with E-state index in [2.05, 4.69) is 4.98 Å². The van der Waals surface area contributed by atoms with E-state index in [9.17, 15) is 4.79 Å². The molecule has 1 aromatic heterocycles. The van der Waals surface area contributed by atoms with Crippen molar-refractivity contribution in [1.82, 2.24) is 9.88 Å². The summed E-state index contributed by atoms with van der Waals surface area (Å²) in [6.07, 6.45) is 4.62. The molecule has 1 heterocycles. The van der Waals surface area contributed by atoms with E-state index in [1.165, 1.54) is 12.8 Å². The quantitative estimate of drug-likeness (QED) is 0.912. The SMILES string of the molecule is CN(C(=O)c1cc(N)nc2ccccc12)C1CCCC1. The van der Waals surface area contributed by atoms with Crippen LogP contribution in [0.1, 0.15) is 36.0 Å². The second-order valence-corrected chi connectivity index (χ2v) is 5.47. The van der Waals surface area contributed by atoms with Gasteiger partial charge in [0.05, 0.1) is 11.1 Å². The number of hydrogen-bond donors (Lipinski definition) is 1. The Bertz CT molecular complexity index is 647. The highest BCUT2D eigenvalue weighted by molar-refractivity contribution is 6.06. The smallest absolute Gasteiger partial charge is 0.254 e. The summed E-state index contributed by atoms with van der Waals surface area (Å²) in [5.41, 5.74) is 7.26. The van der Waals surface area contributed by atoms with Crippen molar-refractivity contribution in [3.8, 4) is 0 Å². The lowest BCUT2D eigenvalue weighted by atomic mass is 10.1. The van der Waals surface area contributed by atoms with Crippen molar-refractivity contribution in [1.29, 1.82) is 0 Å². The number of nitrogens with zero attached hydrogens (tertiary/aromatic N) is 2. The summed E-state index contributed by atoms with van der Waals surface area (Å²) >= 11 is 0. The fourth-order valence-electron chi connectivity index (χ4n) is 3.02. The molecule has 104 valence electrons. The van der Waals surface area contributed by atoms with Gasteiger partial charge in [0.25, 0.3) is 5.91 Å². The minimum absolute atomic E-state index is 0.0437. The van der Waals surface area contributed by atoms with Crippen molar-refractivity contribution >= 4 is 22.6 Å². The van der Waals surface area contributed by atoms with Crippen LogP contribution in [0.3, 0.4) is 0 Å². The molecule has 1 aromatic carbocycles. The first kappa shape index (κ1) is 12.9. The summed E-state index contributed by atoms with van der Waals surface area (Å²) in [5.74, 6) is 0.439. The van der Waals surface area contributed by atoms with Gasteiger partial charge in [0.15, 0.2) is 0 Å². The fourth-order valence-corrected chi connectivity index (χ4v) is 3.02. The predicted molar refractivity (Wildman–Crippen MR) is 80.5 cm³/mol. The highest BCUT2D eigenvalue weighted by Gasteiger charge is 2.25. The van der Waals surface area contributed by atoms with Crippen LogP contribution in [0, 0.1) is 0 Å². The van der Waals surface area contributed by atoms with Gasteiger partial charge in [-0.15, -0.1) is 0 Å². The van der Waals surface area contributed by atoms with Crippen molar-refractivity contribution < 1.29 is 4.79 Å². The Morgan fingerprint density at radius 2 is 2.00 bits per heavy atom. The second-order valence-electron chi connectivity index (χ2n) is 5.47. The molecule has 0 aliphatic heterocycles. The Balaban J connectivity index is 2.02. The van der Waals surface area contributed by atoms with Crippen LogP contribution in [0.2, 0.25) is 0 Å². The molecule has 0 saturated heterocycles. The summed E-state index contributed by atoms with van der Waals surface area (Å²) in [5, 5.41) is 0.872. The van der Waals surface area contributed by atoms with Crippen molar-refractivity contribution in [3.63, 3.8) is 0 Å². The number of amides is 1. The summed E-state index contributed by atoms with van der Waals surface area (Å²) in [7, 11) is 1.89.